The van der Waals surface area contributed by atoms with Crippen molar-refractivity contribution in [1.29, 1.82) is 0 Å². The number of carbonyl (C=O) groups is 2. The lowest BCUT2D eigenvalue weighted by atomic mass is 10.1. The number of nitrogens with one attached hydrogen (secondary N) is 1. The van der Waals surface area contributed by atoms with Gasteiger partial charge in [0.2, 0.25) is 5.91 Å². The van der Waals surface area contributed by atoms with Crippen LogP contribution in [0.4, 0.5) is 15.6 Å². The molecule has 1 unspecified atom stereocenters. The zero-order chi connectivity index (χ0) is 26.3. The number of benzene rings is 2. The lowest BCUT2D eigenvalue weighted by Gasteiger charge is -2.29. The molecule has 9 nitrogen and oxygen atoms in total. The van der Waals surface area contributed by atoms with Gasteiger partial charge in [0.15, 0.2) is 5.13 Å². The number of nitrogens with two attached hydrogens (primary N) is 1. The van der Waals surface area contributed by atoms with Crippen LogP contribution in [0.5, 0.6) is 5.75 Å². The molecule has 2 aromatic carbocycles. The second kappa shape index (κ2) is 11.9. The van der Waals surface area contributed by atoms with Gasteiger partial charge in [-0.1, -0.05) is 24.3 Å². The van der Waals surface area contributed by atoms with E-state index in [-0.39, 0.29) is 24.6 Å². The van der Waals surface area contributed by atoms with E-state index in [1.54, 1.807) is 50.4 Å². The Morgan fingerprint density at radius 3 is 2.39 bits per heavy atom. The molecule has 192 valence electrons. The van der Waals surface area contributed by atoms with Crippen LogP contribution in [0, 0.1) is 0 Å². The fourth-order valence-electron chi connectivity index (χ4n) is 3.39. The molecule has 3 aromatic rings. The Kier molecular flexibility index (Phi) is 8.89. The second-order valence-electron chi connectivity index (χ2n) is 9.38. The van der Waals surface area contributed by atoms with Crippen molar-refractivity contribution in [3.63, 3.8) is 0 Å². The number of amides is 2. The Hall–Kier alpha value is -3.63. The number of nitrogen functional groups attached to an aromatic ring is 1. The molecule has 0 saturated heterocycles. The maximum absolute atomic E-state index is 12.8. The quantitative estimate of drug-likeness (QED) is 0.338. The van der Waals surface area contributed by atoms with E-state index in [9.17, 15) is 19.8 Å². The number of phenolic OH excluding ortho intramolecular Hbond substituents is 1. The van der Waals surface area contributed by atoms with Crippen LogP contribution in [-0.4, -0.2) is 50.8 Å². The Morgan fingerprint density at radius 1 is 1.14 bits per heavy atom. The molecule has 5 N–H and O–H groups in total. The topological polar surface area (TPSA) is 138 Å². The maximum Gasteiger partial charge on any atom is 0.410 e. The minimum Gasteiger partial charge on any atom is -0.508 e. The van der Waals surface area contributed by atoms with Gasteiger partial charge in [0.05, 0.1) is 24.8 Å². The summed E-state index contributed by atoms with van der Waals surface area (Å²) in [5.41, 5.74) is 7.74. The first-order valence-electron chi connectivity index (χ1n) is 11.5. The van der Waals surface area contributed by atoms with E-state index in [0.29, 0.717) is 35.0 Å². The van der Waals surface area contributed by atoms with Crippen molar-refractivity contribution in [2.24, 2.45) is 0 Å². The van der Waals surface area contributed by atoms with Crippen LogP contribution in [0.1, 0.15) is 43.7 Å². The average molecular weight is 513 g/mol. The number of anilines is 2. The molecule has 1 atom stereocenters. The Morgan fingerprint density at radius 2 is 1.81 bits per heavy atom. The van der Waals surface area contributed by atoms with E-state index in [0.717, 1.165) is 5.56 Å². The van der Waals surface area contributed by atoms with E-state index in [1.807, 2.05) is 12.1 Å². The molecule has 0 aliphatic rings. The molecule has 0 fully saturated rings. The van der Waals surface area contributed by atoms with E-state index < -0.39 is 17.8 Å². The molecule has 1 aromatic heterocycles. The fraction of sp³-hybridized carbons (Fsp3) is 0.346. The van der Waals surface area contributed by atoms with E-state index in [4.69, 9.17) is 10.5 Å². The van der Waals surface area contributed by atoms with Gasteiger partial charge in [-0.15, -0.1) is 11.3 Å². The first-order chi connectivity index (χ1) is 17.0. The third kappa shape index (κ3) is 8.54. The normalized spacial score (nSPS) is 12.1. The largest absolute Gasteiger partial charge is 0.508 e. The number of carbonyl (C=O) groups excluding carboxylic acids is 2. The van der Waals surface area contributed by atoms with Crippen molar-refractivity contribution < 1.29 is 24.5 Å². The number of aliphatic hydroxyl groups excluding tert-OH is 1. The number of rotatable bonds is 9. The van der Waals surface area contributed by atoms with Gasteiger partial charge in [0, 0.05) is 17.6 Å². The zero-order valence-electron chi connectivity index (χ0n) is 20.6. The van der Waals surface area contributed by atoms with Gasteiger partial charge >= 0.3 is 6.09 Å². The van der Waals surface area contributed by atoms with Crippen LogP contribution in [0.2, 0.25) is 0 Å². The van der Waals surface area contributed by atoms with Crippen LogP contribution >= 0.6 is 11.3 Å². The molecule has 3 rings (SSSR count). The first kappa shape index (κ1) is 27.0. The highest BCUT2D eigenvalue weighted by molar-refractivity contribution is 7.13. The fourth-order valence-corrected chi connectivity index (χ4v) is 3.95. The van der Waals surface area contributed by atoms with Crippen LogP contribution in [0.15, 0.2) is 53.9 Å². The summed E-state index contributed by atoms with van der Waals surface area (Å²) < 4.78 is 5.53. The van der Waals surface area contributed by atoms with E-state index >= 15 is 0 Å². The lowest BCUT2D eigenvalue weighted by Crippen LogP contribution is -2.40. The van der Waals surface area contributed by atoms with Crippen molar-refractivity contribution in [3.8, 4) is 5.75 Å². The van der Waals surface area contributed by atoms with Crippen molar-refractivity contribution >= 4 is 34.2 Å². The summed E-state index contributed by atoms with van der Waals surface area (Å²) in [4.78, 5) is 30.6. The summed E-state index contributed by atoms with van der Waals surface area (Å²) in [5, 5.41) is 25.2. The second-order valence-corrected chi connectivity index (χ2v) is 10.3. The number of thiazole rings is 1. The van der Waals surface area contributed by atoms with Gasteiger partial charge in [-0.05, 0) is 62.6 Å². The maximum atomic E-state index is 12.8. The third-order valence-electron chi connectivity index (χ3n) is 5.14. The molecule has 0 aliphatic carbocycles. The summed E-state index contributed by atoms with van der Waals surface area (Å²) in [5.74, 6) is -0.0882. The third-order valence-corrected chi connectivity index (χ3v) is 5.86. The molecule has 0 saturated carbocycles. The van der Waals surface area contributed by atoms with E-state index in [1.165, 1.54) is 28.4 Å². The highest BCUT2D eigenvalue weighted by atomic mass is 32.1. The smallest absolute Gasteiger partial charge is 0.410 e. The summed E-state index contributed by atoms with van der Waals surface area (Å²) in [6.45, 7) is 5.72. The minimum atomic E-state index is -0.941. The first-order valence-corrected chi connectivity index (χ1v) is 12.4. The Labute approximate surface area is 214 Å². The predicted octanol–water partition coefficient (Wildman–Crippen LogP) is 4.13. The van der Waals surface area contributed by atoms with Gasteiger partial charge in [0.1, 0.15) is 11.4 Å². The average Bonchev–Trinajstić information content (AvgIpc) is 3.20. The molecule has 0 aliphatic heterocycles. The molecule has 2 amide bonds. The summed E-state index contributed by atoms with van der Waals surface area (Å²) in [7, 11) is 0. The van der Waals surface area contributed by atoms with E-state index in [2.05, 4.69) is 10.3 Å². The predicted molar refractivity (Wildman–Crippen MR) is 140 cm³/mol. The molecule has 36 heavy (non-hydrogen) atoms. The summed E-state index contributed by atoms with van der Waals surface area (Å²) in [6.07, 6.45) is -0.798. The van der Waals surface area contributed by atoms with Gasteiger partial charge in [-0.3, -0.25) is 4.79 Å². The van der Waals surface area contributed by atoms with Crippen LogP contribution < -0.4 is 11.1 Å². The van der Waals surface area contributed by atoms with Crippen LogP contribution in [-0.2, 0) is 22.4 Å². The molecule has 0 spiro atoms. The van der Waals surface area contributed by atoms with Gasteiger partial charge in [-0.2, -0.15) is 0 Å². The molecule has 1 heterocycles. The molecule has 0 bridgehead atoms. The number of hydrogen-bond acceptors (Lipinski definition) is 8. The molecular formula is C26H32N4O5S. The van der Waals surface area contributed by atoms with Gasteiger partial charge in [-0.25, -0.2) is 9.78 Å². The van der Waals surface area contributed by atoms with Crippen LogP contribution in [0.25, 0.3) is 0 Å². The standard InChI is InChI=1S/C26H32N4O5S/c1-26(2,3)35-25(34)30(15-22(32)18-6-10-21(31)11-7-18)13-12-17-4-8-19(9-5-17)28-23(33)14-20-16-36-24(27)29-20/h4-11,16,22,31-32H,12-15H2,1-3H3,(H2,27,29)(H,28,33). The number of aromatic hydroxyl groups is 1. The van der Waals surface area contributed by atoms with Crippen molar-refractivity contribution in [3.05, 3.63) is 70.7 Å². The van der Waals surface area contributed by atoms with Gasteiger partial charge in [0.25, 0.3) is 0 Å². The molecular weight excluding hydrogens is 480 g/mol. The number of aliphatic hydroxyl groups is 1. The summed E-state index contributed by atoms with van der Waals surface area (Å²) in [6, 6.07) is 13.6. The number of ether oxygens (including phenoxy) is 1. The SMILES string of the molecule is CC(C)(C)OC(=O)N(CCc1ccc(NC(=O)Cc2csc(N)n2)cc1)CC(O)c1ccc(O)cc1. The zero-order valence-corrected chi connectivity index (χ0v) is 21.4. The summed E-state index contributed by atoms with van der Waals surface area (Å²) >= 11 is 1.29. The lowest BCUT2D eigenvalue weighted by molar-refractivity contribution is -0.115. The highest BCUT2D eigenvalue weighted by Gasteiger charge is 2.24. The minimum absolute atomic E-state index is 0.0367. The molecule has 10 heteroatoms. The van der Waals surface area contributed by atoms with Crippen LogP contribution in [0.3, 0.4) is 0 Å². The Bertz CT molecular complexity index is 1160. The Balaban J connectivity index is 1.60. The number of hydrogen-bond donors (Lipinski definition) is 4. The van der Waals surface area contributed by atoms with Crippen molar-refractivity contribution in [2.75, 3.05) is 24.1 Å². The highest BCUT2D eigenvalue weighted by Crippen LogP contribution is 2.20. The molecule has 0 radical (unpaired) electrons. The number of nitrogens with zero attached hydrogens (tertiary/aromatic N) is 2. The monoisotopic (exact) mass is 512 g/mol. The van der Waals surface area contributed by atoms with Crippen molar-refractivity contribution in [2.45, 2.75) is 45.3 Å². The number of phenols is 1. The van der Waals surface area contributed by atoms with Gasteiger partial charge < -0.3 is 30.9 Å². The number of aromatic nitrogens is 1. The van der Waals surface area contributed by atoms with Crippen molar-refractivity contribution in [1.82, 2.24) is 9.88 Å².